The Morgan fingerprint density at radius 1 is 1.43 bits per heavy atom. The van der Waals surface area contributed by atoms with Crippen molar-refractivity contribution in [1.29, 1.82) is 0 Å². The molecule has 2 nitrogen and oxygen atoms in total. The molecule has 0 aromatic heterocycles. The van der Waals surface area contributed by atoms with E-state index in [-0.39, 0.29) is 0 Å². The molecule has 1 saturated heterocycles. The van der Waals surface area contributed by atoms with Gasteiger partial charge in [0.2, 0.25) is 0 Å². The summed E-state index contributed by atoms with van der Waals surface area (Å²) in [7, 11) is 0. The molecule has 0 spiro atoms. The van der Waals surface area contributed by atoms with Gasteiger partial charge in [-0.3, -0.25) is 0 Å². The van der Waals surface area contributed by atoms with Crippen LogP contribution in [0.1, 0.15) is 25.3 Å². The molecular weight excluding hydrogens is 176 g/mol. The minimum Gasteiger partial charge on any atom is -0.490 e. The zero-order valence-electron chi connectivity index (χ0n) is 8.69. The SMILES string of the molecule is CC(C)c1ccccc1OCC1CO1. The van der Waals surface area contributed by atoms with Gasteiger partial charge in [0, 0.05) is 0 Å². The van der Waals surface area contributed by atoms with E-state index < -0.39 is 0 Å². The standard InChI is InChI=1S/C12H16O2/c1-9(2)11-5-3-4-6-12(11)14-8-10-7-13-10/h3-6,9-10H,7-8H2,1-2H3. The van der Waals surface area contributed by atoms with E-state index >= 15 is 0 Å². The van der Waals surface area contributed by atoms with Crippen molar-refractivity contribution < 1.29 is 9.47 Å². The third kappa shape index (κ3) is 2.26. The molecule has 2 rings (SSSR count). The lowest BCUT2D eigenvalue weighted by Crippen LogP contribution is -2.06. The van der Waals surface area contributed by atoms with Crippen LogP contribution < -0.4 is 4.74 Å². The molecule has 1 aliphatic rings. The number of hydrogen-bond acceptors (Lipinski definition) is 2. The van der Waals surface area contributed by atoms with E-state index in [9.17, 15) is 0 Å². The predicted molar refractivity (Wildman–Crippen MR) is 55.8 cm³/mol. The van der Waals surface area contributed by atoms with E-state index in [2.05, 4.69) is 26.0 Å². The fraction of sp³-hybridized carbons (Fsp3) is 0.500. The van der Waals surface area contributed by atoms with Gasteiger partial charge in [0.05, 0.1) is 6.61 Å². The predicted octanol–water partition coefficient (Wildman–Crippen LogP) is 2.59. The van der Waals surface area contributed by atoms with Gasteiger partial charge < -0.3 is 9.47 Å². The third-order valence-electron chi connectivity index (χ3n) is 2.37. The van der Waals surface area contributed by atoms with Crippen LogP contribution >= 0.6 is 0 Å². The maximum atomic E-state index is 5.70. The molecule has 0 radical (unpaired) electrons. The lowest BCUT2D eigenvalue weighted by Gasteiger charge is -2.12. The number of rotatable bonds is 4. The van der Waals surface area contributed by atoms with Gasteiger partial charge in [0.25, 0.3) is 0 Å². The van der Waals surface area contributed by atoms with Crippen molar-refractivity contribution in [3.05, 3.63) is 29.8 Å². The van der Waals surface area contributed by atoms with Crippen molar-refractivity contribution in [2.24, 2.45) is 0 Å². The molecule has 1 heterocycles. The van der Waals surface area contributed by atoms with Crippen LogP contribution in [0.25, 0.3) is 0 Å². The number of ether oxygens (including phenoxy) is 2. The van der Waals surface area contributed by atoms with Crippen LogP contribution in [0.5, 0.6) is 5.75 Å². The normalized spacial score (nSPS) is 19.8. The van der Waals surface area contributed by atoms with Crippen molar-refractivity contribution in [2.75, 3.05) is 13.2 Å². The second-order valence-electron chi connectivity index (χ2n) is 3.96. The van der Waals surface area contributed by atoms with Crippen molar-refractivity contribution >= 4 is 0 Å². The number of benzene rings is 1. The topological polar surface area (TPSA) is 21.8 Å². The second-order valence-corrected chi connectivity index (χ2v) is 3.96. The lowest BCUT2D eigenvalue weighted by molar-refractivity contribution is 0.260. The van der Waals surface area contributed by atoms with Gasteiger partial charge in [-0.2, -0.15) is 0 Å². The van der Waals surface area contributed by atoms with Crippen LogP contribution in [-0.2, 0) is 4.74 Å². The van der Waals surface area contributed by atoms with Crippen LogP contribution in [-0.4, -0.2) is 19.3 Å². The molecule has 1 aliphatic heterocycles. The zero-order valence-corrected chi connectivity index (χ0v) is 8.69. The third-order valence-corrected chi connectivity index (χ3v) is 2.37. The zero-order chi connectivity index (χ0) is 9.97. The Morgan fingerprint density at radius 3 is 2.79 bits per heavy atom. The highest BCUT2D eigenvalue weighted by Crippen LogP contribution is 2.26. The van der Waals surface area contributed by atoms with E-state index in [0.29, 0.717) is 18.6 Å². The highest BCUT2D eigenvalue weighted by Gasteiger charge is 2.23. The molecule has 2 heteroatoms. The molecule has 1 atom stereocenters. The average Bonchev–Trinajstić information content (AvgIpc) is 2.98. The Hall–Kier alpha value is -1.02. The molecule has 14 heavy (non-hydrogen) atoms. The monoisotopic (exact) mass is 192 g/mol. The Labute approximate surface area is 84.8 Å². The van der Waals surface area contributed by atoms with E-state index in [4.69, 9.17) is 9.47 Å². The smallest absolute Gasteiger partial charge is 0.122 e. The summed E-state index contributed by atoms with van der Waals surface area (Å²) >= 11 is 0. The van der Waals surface area contributed by atoms with Crippen LogP contribution in [0, 0.1) is 0 Å². The van der Waals surface area contributed by atoms with Crippen molar-refractivity contribution in [1.82, 2.24) is 0 Å². The van der Waals surface area contributed by atoms with Crippen LogP contribution in [0.3, 0.4) is 0 Å². The summed E-state index contributed by atoms with van der Waals surface area (Å²) in [5.41, 5.74) is 1.27. The second kappa shape index (κ2) is 4.01. The molecule has 0 amide bonds. The number of para-hydroxylation sites is 1. The molecule has 0 saturated carbocycles. The summed E-state index contributed by atoms with van der Waals surface area (Å²) in [5, 5.41) is 0. The highest BCUT2D eigenvalue weighted by molar-refractivity contribution is 5.35. The molecule has 0 N–H and O–H groups in total. The first-order valence-corrected chi connectivity index (χ1v) is 5.10. The molecule has 1 unspecified atom stereocenters. The first-order chi connectivity index (χ1) is 6.77. The lowest BCUT2D eigenvalue weighted by atomic mass is 10.0. The Bertz CT molecular complexity index is 303. The summed E-state index contributed by atoms with van der Waals surface area (Å²) in [5.74, 6) is 1.50. The van der Waals surface area contributed by atoms with E-state index in [0.717, 1.165) is 12.4 Å². The fourth-order valence-electron chi connectivity index (χ4n) is 1.44. The van der Waals surface area contributed by atoms with Gasteiger partial charge in [-0.15, -0.1) is 0 Å². The Kier molecular flexibility index (Phi) is 2.73. The summed E-state index contributed by atoms with van der Waals surface area (Å²) in [6.45, 7) is 5.89. The fourth-order valence-corrected chi connectivity index (χ4v) is 1.44. The number of epoxide rings is 1. The Morgan fingerprint density at radius 2 is 2.14 bits per heavy atom. The molecule has 1 aromatic carbocycles. The minimum atomic E-state index is 0.329. The van der Waals surface area contributed by atoms with Gasteiger partial charge in [0.15, 0.2) is 0 Å². The molecule has 1 aromatic rings. The molecule has 0 aliphatic carbocycles. The summed E-state index contributed by atoms with van der Waals surface area (Å²) < 4.78 is 10.8. The van der Waals surface area contributed by atoms with Gasteiger partial charge in [-0.25, -0.2) is 0 Å². The van der Waals surface area contributed by atoms with Crippen LogP contribution in [0.2, 0.25) is 0 Å². The van der Waals surface area contributed by atoms with Crippen molar-refractivity contribution in [3.8, 4) is 5.75 Å². The molecule has 1 fully saturated rings. The maximum absolute atomic E-state index is 5.70. The van der Waals surface area contributed by atoms with Gasteiger partial charge in [-0.1, -0.05) is 32.0 Å². The van der Waals surface area contributed by atoms with Gasteiger partial charge in [0.1, 0.15) is 18.5 Å². The van der Waals surface area contributed by atoms with Crippen molar-refractivity contribution in [3.63, 3.8) is 0 Å². The minimum absolute atomic E-state index is 0.329. The quantitative estimate of drug-likeness (QED) is 0.684. The van der Waals surface area contributed by atoms with Gasteiger partial charge >= 0.3 is 0 Å². The molecule has 0 bridgehead atoms. The van der Waals surface area contributed by atoms with Gasteiger partial charge in [-0.05, 0) is 17.5 Å². The number of hydrogen-bond donors (Lipinski definition) is 0. The molecule has 76 valence electrons. The van der Waals surface area contributed by atoms with E-state index in [1.807, 2.05) is 12.1 Å². The molecular formula is C12H16O2. The Balaban J connectivity index is 2.05. The van der Waals surface area contributed by atoms with E-state index in [1.165, 1.54) is 5.56 Å². The first kappa shape index (κ1) is 9.53. The highest BCUT2D eigenvalue weighted by atomic mass is 16.6. The maximum Gasteiger partial charge on any atom is 0.122 e. The van der Waals surface area contributed by atoms with E-state index in [1.54, 1.807) is 0 Å². The summed E-state index contributed by atoms with van der Waals surface area (Å²) in [4.78, 5) is 0. The average molecular weight is 192 g/mol. The van der Waals surface area contributed by atoms with Crippen LogP contribution in [0.4, 0.5) is 0 Å². The largest absolute Gasteiger partial charge is 0.490 e. The van der Waals surface area contributed by atoms with Crippen molar-refractivity contribution in [2.45, 2.75) is 25.9 Å². The summed E-state index contributed by atoms with van der Waals surface area (Å²) in [6.07, 6.45) is 0.329. The first-order valence-electron chi connectivity index (χ1n) is 5.10. The summed E-state index contributed by atoms with van der Waals surface area (Å²) in [6, 6.07) is 8.20. The van der Waals surface area contributed by atoms with Crippen LogP contribution in [0.15, 0.2) is 24.3 Å².